The summed E-state index contributed by atoms with van der Waals surface area (Å²) in [5.74, 6) is 0. The van der Waals surface area contributed by atoms with Crippen LogP contribution in [0.25, 0.3) is 11.1 Å². The molecule has 2 N–H and O–H groups in total. The molecule has 7 nitrogen and oxygen atoms in total. The predicted octanol–water partition coefficient (Wildman–Crippen LogP) is 7.51. The molecule has 0 radical (unpaired) electrons. The van der Waals surface area contributed by atoms with Gasteiger partial charge in [0.15, 0.2) is 0 Å². The van der Waals surface area contributed by atoms with Crippen molar-refractivity contribution in [3.05, 3.63) is 32.5 Å². The maximum absolute atomic E-state index is 12.3. The number of aryl methyl sites for hydroxylation is 1. The Kier molecular flexibility index (Phi) is 7.33. The fourth-order valence-electron chi connectivity index (χ4n) is 5.07. The van der Waals surface area contributed by atoms with E-state index in [2.05, 4.69) is 54.7 Å². The fraction of sp³-hybridized carbons (Fsp3) is 0.522. The number of benzene rings is 1. The first-order valence-electron chi connectivity index (χ1n) is 11.1. The van der Waals surface area contributed by atoms with E-state index in [4.69, 9.17) is 26.8 Å². The molecule has 1 aromatic heterocycles. The van der Waals surface area contributed by atoms with Crippen LogP contribution in [0.15, 0.2) is 10.7 Å². The summed E-state index contributed by atoms with van der Waals surface area (Å²) in [7, 11) is 0. The van der Waals surface area contributed by atoms with Crippen LogP contribution in [0.5, 0.6) is 0 Å². The Labute approximate surface area is 228 Å². The number of likely N-dealkylation sites (tertiary alicyclic amines) is 1. The van der Waals surface area contributed by atoms with Crippen molar-refractivity contribution in [3.8, 4) is 11.1 Å². The number of rotatable bonds is 5. The zero-order chi connectivity index (χ0) is 25.0. The lowest BCUT2D eigenvalue weighted by molar-refractivity contribution is -0.0931. The van der Waals surface area contributed by atoms with Gasteiger partial charge in [-0.2, -0.15) is 5.10 Å². The van der Waals surface area contributed by atoms with Gasteiger partial charge in [0.25, 0.3) is 0 Å². The molecule has 1 unspecified atom stereocenters. The summed E-state index contributed by atoms with van der Waals surface area (Å²) in [5, 5.41) is 16.9. The molecule has 34 heavy (non-hydrogen) atoms. The van der Waals surface area contributed by atoms with Crippen LogP contribution in [0.4, 0.5) is 10.5 Å². The number of aromatic nitrogens is 2. The molecule has 1 atom stereocenters. The van der Waals surface area contributed by atoms with E-state index in [1.165, 1.54) is 6.21 Å². The standard InChI is InChI=1S/C23H29BrClIN5O2P/c1-12-6-16(29-34-26)15(9-27)18(19(12)25)17-13(2)31(28-20(17)24)14-7-23(8-14)10-30(11-23)21(32)33-22(3,4)5/h6,9,14,27,29,34H,7-8,10-11H2,1-5H3. The Morgan fingerprint density at radius 2 is 2.03 bits per heavy atom. The molecule has 2 aliphatic rings. The highest BCUT2D eigenvalue weighted by Gasteiger charge is 2.55. The minimum atomic E-state index is -0.476. The van der Waals surface area contributed by atoms with Gasteiger partial charge in [-0.15, -0.1) is 0 Å². The minimum Gasteiger partial charge on any atom is -0.444 e. The number of nitrogens with zero attached hydrogens (tertiary/aromatic N) is 3. The molecule has 1 amide bonds. The van der Waals surface area contributed by atoms with Crippen molar-refractivity contribution in [2.45, 2.75) is 59.1 Å². The average molecular weight is 681 g/mol. The lowest BCUT2D eigenvalue weighted by Crippen LogP contribution is -2.64. The van der Waals surface area contributed by atoms with Gasteiger partial charge in [-0.05, 0) is 97.1 Å². The molecule has 2 fully saturated rings. The van der Waals surface area contributed by atoms with Crippen LogP contribution in [0.1, 0.15) is 56.5 Å². The van der Waals surface area contributed by atoms with Crippen molar-refractivity contribution in [2.24, 2.45) is 5.41 Å². The van der Waals surface area contributed by atoms with Crippen molar-refractivity contribution in [2.75, 3.05) is 18.2 Å². The van der Waals surface area contributed by atoms with Crippen LogP contribution in [0, 0.1) is 24.7 Å². The Bertz CT molecular complexity index is 1150. The zero-order valence-electron chi connectivity index (χ0n) is 19.9. The van der Waals surface area contributed by atoms with Gasteiger partial charge in [-0.3, -0.25) is 4.68 Å². The van der Waals surface area contributed by atoms with Crippen molar-refractivity contribution < 1.29 is 9.53 Å². The molecule has 0 bridgehead atoms. The van der Waals surface area contributed by atoms with Crippen LogP contribution in [0.2, 0.25) is 5.02 Å². The Morgan fingerprint density at radius 3 is 2.59 bits per heavy atom. The van der Waals surface area contributed by atoms with Crippen LogP contribution >= 0.6 is 55.9 Å². The summed E-state index contributed by atoms with van der Waals surface area (Å²) in [5.41, 5.74) is 5.08. The Balaban J connectivity index is 1.56. The quantitative estimate of drug-likeness (QED) is 0.195. The maximum Gasteiger partial charge on any atom is 0.410 e. The van der Waals surface area contributed by atoms with E-state index in [-0.39, 0.29) is 17.6 Å². The Hall–Kier alpha value is -0.900. The molecule has 1 saturated heterocycles. The first-order chi connectivity index (χ1) is 15.9. The lowest BCUT2D eigenvalue weighted by Gasteiger charge is -2.58. The second-order valence-corrected chi connectivity index (χ2v) is 13.5. The maximum atomic E-state index is 12.3. The van der Waals surface area contributed by atoms with Gasteiger partial charge in [0.05, 0.1) is 11.1 Å². The van der Waals surface area contributed by atoms with Crippen LogP contribution in [-0.4, -0.2) is 45.7 Å². The van der Waals surface area contributed by atoms with E-state index < -0.39 is 5.60 Å². The number of carbonyl (C=O) groups excluding carboxylic acids is 1. The molecule has 184 valence electrons. The second-order valence-electron chi connectivity index (χ2n) is 10.3. The third-order valence-corrected chi connectivity index (χ3v) is 8.77. The van der Waals surface area contributed by atoms with E-state index in [0.717, 1.165) is 64.2 Å². The summed E-state index contributed by atoms with van der Waals surface area (Å²) >= 11 is 12.8. The summed E-state index contributed by atoms with van der Waals surface area (Å²) in [6, 6.07) is 2.26. The van der Waals surface area contributed by atoms with E-state index in [9.17, 15) is 4.79 Å². The topological polar surface area (TPSA) is 83.2 Å². The highest BCUT2D eigenvalue weighted by molar-refractivity contribution is 14.2. The summed E-state index contributed by atoms with van der Waals surface area (Å²) in [6.45, 7) is 11.2. The largest absolute Gasteiger partial charge is 0.444 e. The summed E-state index contributed by atoms with van der Waals surface area (Å²) in [6.07, 6.45) is 3.56. The molecule has 2 heterocycles. The first kappa shape index (κ1) is 26.2. The van der Waals surface area contributed by atoms with Gasteiger partial charge in [0.2, 0.25) is 0 Å². The van der Waals surface area contributed by atoms with E-state index in [1.54, 1.807) is 4.90 Å². The number of hydrogen-bond acceptors (Lipinski definition) is 5. The van der Waals surface area contributed by atoms with Gasteiger partial charge in [-0.1, -0.05) is 11.6 Å². The number of halogens is 3. The molecular formula is C23H29BrClIN5O2P. The molecule has 4 rings (SSSR count). The van der Waals surface area contributed by atoms with Crippen molar-refractivity contribution in [1.29, 1.82) is 5.41 Å². The average Bonchev–Trinajstić information content (AvgIpc) is 2.95. The molecule has 11 heteroatoms. The minimum absolute atomic E-state index is 0.159. The number of amides is 1. The van der Waals surface area contributed by atoms with Crippen molar-refractivity contribution in [1.82, 2.24) is 14.7 Å². The van der Waals surface area contributed by atoms with Gasteiger partial charge in [0, 0.05) is 59.2 Å². The summed E-state index contributed by atoms with van der Waals surface area (Å²) in [4.78, 5) is 14.1. The van der Waals surface area contributed by atoms with Crippen molar-refractivity contribution >= 4 is 73.9 Å². The van der Waals surface area contributed by atoms with Crippen LogP contribution < -0.4 is 5.09 Å². The molecule has 1 aliphatic carbocycles. The molecule has 1 aromatic carbocycles. The van der Waals surface area contributed by atoms with Crippen LogP contribution in [0.3, 0.4) is 0 Å². The third kappa shape index (κ3) is 4.74. The number of carbonyl (C=O) groups is 1. The second kappa shape index (κ2) is 9.52. The van der Waals surface area contributed by atoms with Gasteiger partial charge >= 0.3 is 6.09 Å². The molecule has 1 spiro atoms. The summed E-state index contributed by atoms with van der Waals surface area (Å²) < 4.78 is 8.31. The molecule has 2 aromatic rings. The third-order valence-electron chi connectivity index (χ3n) is 6.56. The SMILES string of the molecule is Cc1cc(NPI)c(C=N)c(-c2c(Br)nn(C3CC4(C3)CN(C(=O)OC(C)(C)C)C4)c2C)c1Cl. The van der Waals surface area contributed by atoms with E-state index in [0.29, 0.717) is 11.4 Å². The van der Waals surface area contributed by atoms with Gasteiger partial charge in [0.1, 0.15) is 10.2 Å². The highest BCUT2D eigenvalue weighted by Crippen LogP contribution is 2.55. The zero-order valence-corrected chi connectivity index (χ0v) is 25.4. The number of anilines is 1. The number of nitrogens with one attached hydrogen (secondary N) is 2. The lowest BCUT2D eigenvalue weighted by atomic mass is 9.61. The van der Waals surface area contributed by atoms with E-state index >= 15 is 0 Å². The first-order valence-corrected chi connectivity index (χ1v) is 16.4. The molecule has 1 saturated carbocycles. The normalized spacial score (nSPS) is 17.7. The smallest absolute Gasteiger partial charge is 0.410 e. The molecular weight excluding hydrogens is 652 g/mol. The monoisotopic (exact) mass is 679 g/mol. The Morgan fingerprint density at radius 1 is 1.38 bits per heavy atom. The number of hydrogen-bond donors (Lipinski definition) is 2. The van der Waals surface area contributed by atoms with Crippen LogP contribution in [-0.2, 0) is 4.74 Å². The highest BCUT2D eigenvalue weighted by atomic mass is 127. The van der Waals surface area contributed by atoms with Gasteiger partial charge < -0.3 is 20.1 Å². The van der Waals surface area contributed by atoms with Crippen molar-refractivity contribution in [3.63, 3.8) is 0 Å². The fourth-order valence-corrected chi connectivity index (χ4v) is 7.16. The van der Waals surface area contributed by atoms with Gasteiger partial charge in [-0.25, -0.2) is 4.79 Å². The van der Waals surface area contributed by atoms with E-state index in [1.807, 2.05) is 33.8 Å². The number of ether oxygens (including phenoxy) is 1. The molecule has 1 aliphatic heterocycles. The predicted molar refractivity (Wildman–Crippen MR) is 152 cm³/mol.